The van der Waals surface area contributed by atoms with E-state index in [0.717, 1.165) is 11.6 Å². The Labute approximate surface area is 131 Å². The van der Waals surface area contributed by atoms with Crippen molar-refractivity contribution in [2.75, 3.05) is 5.32 Å². The summed E-state index contributed by atoms with van der Waals surface area (Å²) in [5.74, 6) is 0.305. The molecule has 3 N–H and O–H groups in total. The van der Waals surface area contributed by atoms with Crippen molar-refractivity contribution >= 4 is 23.2 Å². The quantitative estimate of drug-likeness (QED) is 0.884. The molecule has 114 valence electrons. The van der Waals surface area contributed by atoms with E-state index >= 15 is 0 Å². The highest BCUT2D eigenvalue weighted by Gasteiger charge is 2.59. The second-order valence-electron chi connectivity index (χ2n) is 7.55. The Morgan fingerprint density at radius 1 is 1.38 bits per heavy atom. The van der Waals surface area contributed by atoms with Crippen molar-refractivity contribution in [1.29, 1.82) is 0 Å². The van der Waals surface area contributed by atoms with Gasteiger partial charge in [-0.3, -0.25) is 4.79 Å². The zero-order chi connectivity index (χ0) is 15.4. The molecule has 21 heavy (non-hydrogen) atoms. The fraction of sp³-hybridized carbons (Fsp3) is 0.588. The topological polar surface area (TPSA) is 55.1 Å². The number of primary amides is 1. The summed E-state index contributed by atoms with van der Waals surface area (Å²) in [5, 5.41) is 4.09. The molecular weight excluding hydrogens is 284 g/mol. The van der Waals surface area contributed by atoms with Crippen LogP contribution >= 0.6 is 11.6 Å². The van der Waals surface area contributed by atoms with Gasteiger partial charge in [0, 0.05) is 11.7 Å². The molecule has 3 unspecified atom stereocenters. The molecule has 0 radical (unpaired) electrons. The van der Waals surface area contributed by atoms with Gasteiger partial charge in [-0.2, -0.15) is 0 Å². The average Bonchev–Trinajstić information content (AvgIpc) is 2.85. The Hall–Kier alpha value is -1.22. The van der Waals surface area contributed by atoms with Gasteiger partial charge in [0.2, 0.25) is 5.91 Å². The van der Waals surface area contributed by atoms with E-state index in [4.69, 9.17) is 17.3 Å². The summed E-state index contributed by atoms with van der Waals surface area (Å²) >= 11 is 6.15. The highest BCUT2D eigenvalue weighted by molar-refractivity contribution is 6.34. The van der Waals surface area contributed by atoms with E-state index in [1.54, 1.807) is 6.07 Å². The third-order valence-corrected chi connectivity index (χ3v) is 6.13. The van der Waals surface area contributed by atoms with E-state index in [9.17, 15) is 4.79 Å². The first-order valence-corrected chi connectivity index (χ1v) is 7.98. The van der Waals surface area contributed by atoms with E-state index in [2.05, 4.69) is 26.1 Å². The highest BCUT2D eigenvalue weighted by Crippen LogP contribution is 2.63. The van der Waals surface area contributed by atoms with Crippen molar-refractivity contribution in [3.05, 3.63) is 28.8 Å². The number of benzene rings is 1. The molecule has 4 heteroatoms. The second kappa shape index (κ2) is 4.64. The van der Waals surface area contributed by atoms with Crippen molar-refractivity contribution in [3.8, 4) is 0 Å². The summed E-state index contributed by atoms with van der Waals surface area (Å²) in [4.78, 5) is 11.3. The van der Waals surface area contributed by atoms with Crippen molar-refractivity contribution in [3.63, 3.8) is 0 Å². The lowest BCUT2D eigenvalue weighted by Crippen LogP contribution is -2.45. The van der Waals surface area contributed by atoms with Crippen LogP contribution in [0.4, 0.5) is 5.69 Å². The van der Waals surface area contributed by atoms with E-state index in [0.29, 0.717) is 22.0 Å². The number of nitrogens with two attached hydrogens (primary N) is 1. The number of carbonyl (C=O) groups excluding carboxylic acids is 1. The van der Waals surface area contributed by atoms with E-state index in [1.807, 2.05) is 12.1 Å². The number of anilines is 1. The van der Waals surface area contributed by atoms with Gasteiger partial charge < -0.3 is 11.1 Å². The lowest BCUT2D eigenvalue weighted by molar-refractivity contribution is 0.100. The van der Waals surface area contributed by atoms with Gasteiger partial charge in [-0.15, -0.1) is 0 Å². The number of hydrogen-bond donors (Lipinski definition) is 2. The monoisotopic (exact) mass is 306 g/mol. The minimum atomic E-state index is -0.487. The standard InChI is InChI=1S/C17H23ClN2O/c1-16(2)10-6-7-17(3,9-10)15(16)20-11-4-5-12(14(19)21)13(18)8-11/h4-5,8,10,15,20H,6-7,9H2,1-3H3,(H2,19,21). The fourth-order valence-corrected chi connectivity index (χ4v) is 4.91. The number of nitrogens with one attached hydrogen (secondary N) is 1. The van der Waals surface area contributed by atoms with Crippen LogP contribution in [0.25, 0.3) is 0 Å². The Bertz CT molecular complexity index is 594. The summed E-state index contributed by atoms with van der Waals surface area (Å²) < 4.78 is 0. The zero-order valence-corrected chi connectivity index (χ0v) is 13.6. The van der Waals surface area contributed by atoms with Gasteiger partial charge in [0.25, 0.3) is 0 Å². The summed E-state index contributed by atoms with van der Waals surface area (Å²) in [7, 11) is 0. The number of carbonyl (C=O) groups is 1. The molecule has 0 saturated heterocycles. The van der Waals surface area contributed by atoms with Crippen LogP contribution in [0.3, 0.4) is 0 Å². The van der Waals surface area contributed by atoms with Gasteiger partial charge in [-0.05, 0) is 54.2 Å². The van der Waals surface area contributed by atoms with Crippen molar-refractivity contribution < 1.29 is 4.79 Å². The summed E-state index contributed by atoms with van der Waals surface area (Å²) in [5.41, 5.74) is 7.27. The Balaban J connectivity index is 1.87. The number of fused-ring (bicyclic) bond motifs is 2. The van der Waals surface area contributed by atoms with Gasteiger partial charge in [-0.1, -0.05) is 32.4 Å². The first kappa shape index (κ1) is 14.7. The summed E-state index contributed by atoms with van der Waals surface area (Å²) in [6, 6.07) is 5.85. The summed E-state index contributed by atoms with van der Waals surface area (Å²) in [6.07, 6.45) is 3.92. The van der Waals surface area contributed by atoms with Crippen molar-refractivity contribution in [2.24, 2.45) is 22.5 Å². The van der Waals surface area contributed by atoms with Crippen LogP contribution in [0.2, 0.25) is 5.02 Å². The smallest absolute Gasteiger partial charge is 0.250 e. The first-order chi connectivity index (χ1) is 9.74. The molecule has 3 atom stereocenters. The maximum Gasteiger partial charge on any atom is 0.250 e. The van der Waals surface area contributed by atoms with Crippen LogP contribution in [0, 0.1) is 16.7 Å². The van der Waals surface area contributed by atoms with Crippen molar-refractivity contribution in [1.82, 2.24) is 0 Å². The Morgan fingerprint density at radius 2 is 2.10 bits per heavy atom. The molecule has 2 aliphatic rings. The Morgan fingerprint density at radius 3 is 2.62 bits per heavy atom. The summed E-state index contributed by atoms with van der Waals surface area (Å²) in [6.45, 7) is 7.11. The van der Waals surface area contributed by atoms with Crippen molar-refractivity contribution in [2.45, 2.75) is 46.1 Å². The lowest BCUT2D eigenvalue weighted by atomic mass is 9.68. The maximum absolute atomic E-state index is 11.3. The third kappa shape index (κ3) is 2.22. The SMILES string of the molecule is CC12CCC(C1)C(C)(C)C2Nc1ccc(C(N)=O)c(Cl)c1. The number of halogens is 1. The normalized spacial score (nSPS) is 33.1. The first-order valence-electron chi connectivity index (χ1n) is 7.60. The van der Waals surface area contributed by atoms with Crippen LogP contribution in [0.5, 0.6) is 0 Å². The van der Waals surface area contributed by atoms with Crippen LogP contribution < -0.4 is 11.1 Å². The van der Waals surface area contributed by atoms with Gasteiger partial charge >= 0.3 is 0 Å². The number of hydrogen-bond acceptors (Lipinski definition) is 2. The molecule has 2 aliphatic carbocycles. The van der Waals surface area contributed by atoms with Gasteiger partial charge in [0.05, 0.1) is 10.6 Å². The molecule has 3 nitrogen and oxygen atoms in total. The van der Waals surface area contributed by atoms with Crippen LogP contribution in [0.15, 0.2) is 18.2 Å². The highest BCUT2D eigenvalue weighted by atomic mass is 35.5. The molecule has 1 aromatic carbocycles. The molecule has 3 rings (SSSR count). The lowest BCUT2D eigenvalue weighted by Gasteiger charge is -2.43. The number of amides is 1. The fourth-order valence-electron chi connectivity index (χ4n) is 4.63. The van der Waals surface area contributed by atoms with Gasteiger partial charge in [-0.25, -0.2) is 0 Å². The molecule has 0 heterocycles. The largest absolute Gasteiger partial charge is 0.381 e. The minimum Gasteiger partial charge on any atom is -0.381 e. The molecular formula is C17H23ClN2O. The van der Waals surface area contributed by atoms with Gasteiger partial charge in [0.15, 0.2) is 0 Å². The molecule has 0 aliphatic heterocycles. The molecule has 1 aromatic rings. The zero-order valence-electron chi connectivity index (χ0n) is 12.9. The molecule has 0 aromatic heterocycles. The predicted molar refractivity (Wildman–Crippen MR) is 86.6 cm³/mol. The second-order valence-corrected chi connectivity index (χ2v) is 7.96. The molecule has 1 amide bonds. The molecule has 0 spiro atoms. The van der Waals surface area contributed by atoms with E-state index < -0.39 is 5.91 Å². The molecule has 2 saturated carbocycles. The van der Waals surface area contributed by atoms with E-state index in [-0.39, 0.29) is 5.41 Å². The predicted octanol–water partition coefficient (Wildman–Crippen LogP) is 4.07. The van der Waals surface area contributed by atoms with Crippen LogP contribution in [0.1, 0.15) is 50.4 Å². The molecule has 2 bridgehead atoms. The van der Waals surface area contributed by atoms with Crippen LogP contribution in [-0.2, 0) is 0 Å². The maximum atomic E-state index is 11.3. The van der Waals surface area contributed by atoms with Crippen LogP contribution in [-0.4, -0.2) is 11.9 Å². The third-order valence-electron chi connectivity index (χ3n) is 5.82. The Kier molecular flexibility index (Phi) is 3.25. The molecule has 2 fully saturated rings. The van der Waals surface area contributed by atoms with Gasteiger partial charge in [0.1, 0.15) is 0 Å². The van der Waals surface area contributed by atoms with E-state index in [1.165, 1.54) is 19.3 Å². The minimum absolute atomic E-state index is 0.280. The average molecular weight is 307 g/mol. The number of rotatable bonds is 3.